The Bertz CT molecular complexity index is 513. The van der Waals surface area contributed by atoms with Gasteiger partial charge in [-0.15, -0.1) is 0 Å². The molecule has 0 saturated heterocycles. The molecule has 2 N–H and O–H groups in total. The van der Waals surface area contributed by atoms with E-state index in [2.05, 4.69) is 5.32 Å². The van der Waals surface area contributed by atoms with Crippen molar-refractivity contribution < 1.29 is 28.2 Å². The molecule has 122 valence electrons. The second-order valence-corrected chi connectivity index (χ2v) is 4.87. The van der Waals surface area contributed by atoms with Gasteiger partial charge in [0.15, 0.2) is 0 Å². The van der Waals surface area contributed by atoms with Crippen LogP contribution >= 0.6 is 11.6 Å². The first-order chi connectivity index (χ1) is 10.4. The van der Waals surface area contributed by atoms with Crippen molar-refractivity contribution in [3.63, 3.8) is 0 Å². The molecule has 1 aromatic carbocycles. The number of ether oxygens (including phenoxy) is 1. The van der Waals surface area contributed by atoms with Gasteiger partial charge in [-0.1, -0.05) is 23.7 Å². The average molecular weight is 336 g/mol. The lowest BCUT2D eigenvalue weighted by molar-refractivity contribution is -0.143. The first kappa shape index (κ1) is 18.2. The predicted molar refractivity (Wildman–Crippen MR) is 76.4 cm³/mol. The number of carbonyl (C=O) groups is 2. The number of carboxylic acids is 1. The zero-order valence-electron chi connectivity index (χ0n) is 11.6. The molecule has 0 heterocycles. The predicted octanol–water partition coefficient (Wildman–Crippen LogP) is 2.72. The Morgan fingerprint density at radius 3 is 2.59 bits per heavy atom. The van der Waals surface area contributed by atoms with Crippen molar-refractivity contribution >= 4 is 23.5 Å². The SMILES string of the molecule is O=C(CCCOc1ccccc1Cl)NC(CC(F)F)C(=O)O. The lowest BCUT2D eigenvalue weighted by atomic mass is 10.2. The number of halogens is 3. The van der Waals surface area contributed by atoms with Gasteiger partial charge in [-0.05, 0) is 18.6 Å². The first-order valence-corrected chi connectivity index (χ1v) is 6.95. The van der Waals surface area contributed by atoms with Crippen LogP contribution in [0.5, 0.6) is 5.75 Å². The van der Waals surface area contributed by atoms with Crippen LogP contribution in [0.4, 0.5) is 8.78 Å². The third-order valence-electron chi connectivity index (χ3n) is 2.69. The summed E-state index contributed by atoms with van der Waals surface area (Å²) in [7, 11) is 0. The Morgan fingerprint density at radius 2 is 2.00 bits per heavy atom. The molecular weight excluding hydrogens is 320 g/mol. The van der Waals surface area contributed by atoms with E-state index < -0.39 is 30.8 Å². The second kappa shape index (κ2) is 9.19. The smallest absolute Gasteiger partial charge is 0.326 e. The molecule has 1 unspecified atom stereocenters. The summed E-state index contributed by atoms with van der Waals surface area (Å²) in [4.78, 5) is 22.3. The number of carbonyl (C=O) groups excluding carboxylic acids is 1. The van der Waals surface area contributed by atoms with Gasteiger partial charge >= 0.3 is 5.97 Å². The molecule has 0 aromatic heterocycles. The Balaban J connectivity index is 2.30. The summed E-state index contributed by atoms with van der Waals surface area (Å²) in [6, 6.07) is 5.24. The minimum Gasteiger partial charge on any atom is -0.492 e. The summed E-state index contributed by atoms with van der Waals surface area (Å²) in [6.07, 6.45) is -3.45. The van der Waals surface area contributed by atoms with Crippen molar-refractivity contribution in [3.05, 3.63) is 29.3 Å². The van der Waals surface area contributed by atoms with Crippen LogP contribution in [0, 0.1) is 0 Å². The van der Waals surface area contributed by atoms with E-state index in [4.69, 9.17) is 21.4 Å². The average Bonchev–Trinajstić information content (AvgIpc) is 2.44. The topological polar surface area (TPSA) is 75.6 Å². The maximum Gasteiger partial charge on any atom is 0.326 e. The first-order valence-electron chi connectivity index (χ1n) is 6.57. The molecule has 0 fully saturated rings. The number of hydrogen-bond acceptors (Lipinski definition) is 3. The number of rotatable bonds is 9. The van der Waals surface area contributed by atoms with E-state index in [9.17, 15) is 18.4 Å². The van der Waals surface area contributed by atoms with E-state index in [0.29, 0.717) is 17.2 Å². The number of para-hydroxylation sites is 1. The number of nitrogens with one attached hydrogen (secondary N) is 1. The minimum absolute atomic E-state index is 0.0303. The summed E-state index contributed by atoms with van der Waals surface area (Å²) in [6.45, 7) is 0.198. The van der Waals surface area contributed by atoms with Crippen molar-refractivity contribution in [2.45, 2.75) is 31.7 Å². The number of carboxylic acid groups (broad SMARTS) is 1. The largest absolute Gasteiger partial charge is 0.492 e. The van der Waals surface area contributed by atoms with Crippen LogP contribution in [0.25, 0.3) is 0 Å². The number of amides is 1. The highest BCUT2D eigenvalue weighted by Gasteiger charge is 2.23. The van der Waals surface area contributed by atoms with Crippen molar-refractivity contribution in [2.75, 3.05) is 6.61 Å². The zero-order chi connectivity index (χ0) is 16.5. The van der Waals surface area contributed by atoms with Crippen LogP contribution < -0.4 is 10.1 Å². The molecule has 5 nitrogen and oxygen atoms in total. The number of aliphatic carboxylic acids is 1. The van der Waals surface area contributed by atoms with Gasteiger partial charge < -0.3 is 15.2 Å². The molecule has 0 bridgehead atoms. The normalized spacial score (nSPS) is 12.0. The van der Waals surface area contributed by atoms with Gasteiger partial charge in [0.1, 0.15) is 11.8 Å². The van der Waals surface area contributed by atoms with Crippen LogP contribution in [-0.2, 0) is 9.59 Å². The van der Waals surface area contributed by atoms with Crippen molar-refractivity contribution in [1.82, 2.24) is 5.32 Å². The van der Waals surface area contributed by atoms with Gasteiger partial charge in [0.05, 0.1) is 11.6 Å². The van der Waals surface area contributed by atoms with Crippen LogP contribution in [0.1, 0.15) is 19.3 Å². The molecule has 0 aliphatic carbocycles. The molecule has 0 radical (unpaired) electrons. The highest BCUT2D eigenvalue weighted by molar-refractivity contribution is 6.32. The molecule has 1 amide bonds. The zero-order valence-corrected chi connectivity index (χ0v) is 12.4. The van der Waals surface area contributed by atoms with E-state index in [1.807, 2.05) is 0 Å². The van der Waals surface area contributed by atoms with Gasteiger partial charge in [0.2, 0.25) is 12.3 Å². The van der Waals surface area contributed by atoms with Gasteiger partial charge in [-0.25, -0.2) is 13.6 Å². The van der Waals surface area contributed by atoms with Gasteiger partial charge in [0, 0.05) is 12.8 Å². The van der Waals surface area contributed by atoms with Crippen molar-refractivity contribution in [1.29, 1.82) is 0 Å². The fourth-order valence-electron chi connectivity index (χ4n) is 1.64. The monoisotopic (exact) mass is 335 g/mol. The number of hydrogen-bond donors (Lipinski definition) is 2. The molecule has 1 aromatic rings. The Morgan fingerprint density at radius 1 is 1.32 bits per heavy atom. The van der Waals surface area contributed by atoms with E-state index >= 15 is 0 Å². The fraction of sp³-hybridized carbons (Fsp3) is 0.429. The van der Waals surface area contributed by atoms with E-state index in [1.165, 1.54) is 0 Å². The van der Waals surface area contributed by atoms with Crippen molar-refractivity contribution in [3.8, 4) is 5.75 Å². The van der Waals surface area contributed by atoms with Crippen molar-refractivity contribution in [2.24, 2.45) is 0 Å². The molecule has 1 rings (SSSR count). The Hall–Kier alpha value is -1.89. The highest BCUT2D eigenvalue weighted by Crippen LogP contribution is 2.23. The lowest BCUT2D eigenvalue weighted by Crippen LogP contribution is -2.42. The fourth-order valence-corrected chi connectivity index (χ4v) is 1.83. The van der Waals surface area contributed by atoms with Crippen LogP contribution in [0.2, 0.25) is 5.02 Å². The highest BCUT2D eigenvalue weighted by atomic mass is 35.5. The summed E-state index contributed by atoms with van der Waals surface area (Å²) in [5, 5.41) is 11.2. The van der Waals surface area contributed by atoms with E-state index in [0.717, 1.165) is 0 Å². The maximum atomic E-state index is 12.2. The number of benzene rings is 1. The molecular formula is C14H16ClF2NO4. The van der Waals surface area contributed by atoms with Crippen LogP contribution in [0.3, 0.4) is 0 Å². The third-order valence-corrected chi connectivity index (χ3v) is 3.00. The van der Waals surface area contributed by atoms with Crippen LogP contribution in [-0.4, -0.2) is 36.1 Å². The maximum absolute atomic E-state index is 12.2. The Labute approximate surface area is 131 Å². The molecule has 1 atom stereocenters. The summed E-state index contributed by atoms with van der Waals surface area (Å²) < 4.78 is 29.7. The summed E-state index contributed by atoms with van der Waals surface area (Å²) in [5.41, 5.74) is 0. The minimum atomic E-state index is -2.80. The molecule has 0 aliphatic rings. The van der Waals surface area contributed by atoms with Gasteiger partial charge in [0.25, 0.3) is 0 Å². The molecule has 8 heteroatoms. The Kier molecular flexibility index (Phi) is 7.59. The molecule has 0 saturated carbocycles. The van der Waals surface area contributed by atoms with Gasteiger partial charge in [-0.3, -0.25) is 4.79 Å². The van der Waals surface area contributed by atoms with Crippen LogP contribution in [0.15, 0.2) is 24.3 Å². The third kappa shape index (κ3) is 6.71. The molecule has 0 aliphatic heterocycles. The molecule has 0 spiro atoms. The quantitative estimate of drug-likeness (QED) is 0.680. The van der Waals surface area contributed by atoms with E-state index in [-0.39, 0.29) is 13.0 Å². The van der Waals surface area contributed by atoms with Gasteiger partial charge in [-0.2, -0.15) is 0 Å². The summed E-state index contributed by atoms with van der Waals surface area (Å²) in [5.74, 6) is -1.62. The second-order valence-electron chi connectivity index (χ2n) is 4.47. The molecule has 22 heavy (non-hydrogen) atoms. The number of alkyl halides is 2. The lowest BCUT2D eigenvalue weighted by Gasteiger charge is -2.14. The van der Waals surface area contributed by atoms with E-state index in [1.54, 1.807) is 24.3 Å². The summed E-state index contributed by atoms with van der Waals surface area (Å²) >= 11 is 5.88. The standard InChI is InChI=1S/C14H16ClF2NO4/c15-9-4-1-2-5-11(9)22-7-3-6-13(19)18-10(14(20)21)8-12(16)17/h1-2,4-5,10,12H,3,6-8H2,(H,18,19)(H,20,21).